The SMILES string of the molecule is O=C(O)CC(C=C(c1ccc(F)cc1)c1ccc(F)cc1)C(=O)O. The van der Waals surface area contributed by atoms with Crippen molar-refractivity contribution in [3.63, 3.8) is 0 Å². The Kier molecular flexibility index (Phi) is 5.42. The molecule has 0 fully saturated rings. The van der Waals surface area contributed by atoms with Gasteiger partial charge in [0.1, 0.15) is 11.6 Å². The van der Waals surface area contributed by atoms with Crippen LogP contribution in [-0.2, 0) is 9.59 Å². The zero-order valence-corrected chi connectivity index (χ0v) is 12.4. The highest BCUT2D eigenvalue weighted by Gasteiger charge is 2.20. The second kappa shape index (κ2) is 7.50. The van der Waals surface area contributed by atoms with Gasteiger partial charge in [0, 0.05) is 0 Å². The lowest BCUT2D eigenvalue weighted by Gasteiger charge is -2.12. The van der Waals surface area contributed by atoms with Crippen LogP contribution < -0.4 is 0 Å². The number of hydrogen-bond donors (Lipinski definition) is 2. The van der Waals surface area contributed by atoms with Crippen LogP contribution in [0.15, 0.2) is 54.6 Å². The molecule has 4 nitrogen and oxygen atoms in total. The van der Waals surface area contributed by atoms with Crippen LogP contribution >= 0.6 is 0 Å². The molecule has 6 heteroatoms. The van der Waals surface area contributed by atoms with Gasteiger partial charge in [0.2, 0.25) is 0 Å². The summed E-state index contributed by atoms with van der Waals surface area (Å²) in [4.78, 5) is 22.2. The second-order valence-electron chi connectivity index (χ2n) is 5.14. The van der Waals surface area contributed by atoms with E-state index >= 15 is 0 Å². The van der Waals surface area contributed by atoms with Crippen molar-refractivity contribution in [1.29, 1.82) is 0 Å². The molecule has 0 bridgehead atoms. The lowest BCUT2D eigenvalue weighted by molar-refractivity contribution is -0.146. The van der Waals surface area contributed by atoms with Crippen molar-refractivity contribution < 1.29 is 28.6 Å². The predicted octanol–water partition coefficient (Wildman–Crippen LogP) is 3.57. The van der Waals surface area contributed by atoms with Crippen molar-refractivity contribution in [3.8, 4) is 0 Å². The Morgan fingerprint density at radius 1 is 0.875 bits per heavy atom. The Balaban J connectivity index is 2.54. The molecule has 0 aliphatic heterocycles. The molecule has 2 aromatic carbocycles. The van der Waals surface area contributed by atoms with Gasteiger partial charge in [-0.05, 0) is 41.0 Å². The molecule has 1 unspecified atom stereocenters. The van der Waals surface area contributed by atoms with Crippen molar-refractivity contribution in [2.45, 2.75) is 6.42 Å². The van der Waals surface area contributed by atoms with Gasteiger partial charge >= 0.3 is 11.9 Å². The first kappa shape index (κ1) is 17.3. The summed E-state index contributed by atoms with van der Waals surface area (Å²) in [6, 6.07) is 10.6. The molecule has 124 valence electrons. The molecule has 24 heavy (non-hydrogen) atoms. The van der Waals surface area contributed by atoms with Crippen LogP contribution in [0, 0.1) is 17.6 Å². The van der Waals surface area contributed by atoms with Gasteiger partial charge in [-0.25, -0.2) is 8.78 Å². The molecule has 0 radical (unpaired) electrons. The summed E-state index contributed by atoms with van der Waals surface area (Å²) in [5, 5.41) is 18.1. The molecule has 0 aromatic heterocycles. The van der Waals surface area contributed by atoms with Gasteiger partial charge in [0.05, 0.1) is 12.3 Å². The van der Waals surface area contributed by atoms with Crippen LogP contribution in [0.1, 0.15) is 17.5 Å². The molecule has 2 N–H and O–H groups in total. The van der Waals surface area contributed by atoms with E-state index in [1.54, 1.807) is 0 Å². The molecule has 2 aromatic rings. The van der Waals surface area contributed by atoms with Crippen LogP contribution in [0.4, 0.5) is 8.78 Å². The van der Waals surface area contributed by atoms with Gasteiger partial charge in [-0.15, -0.1) is 0 Å². The molecule has 0 heterocycles. The normalized spacial score (nSPS) is 11.6. The van der Waals surface area contributed by atoms with Gasteiger partial charge in [-0.3, -0.25) is 9.59 Å². The van der Waals surface area contributed by atoms with Crippen LogP contribution in [0.2, 0.25) is 0 Å². The van der Waals surface area contributed by atoms with Gasteiger partial charge < -0.3 is 10.2 Å². The average molecular weight is 332 g/mol. The standard InChI is InChI=1S/C18H14F2O4/c19-14-5-1-11(2-6-14)16(12-3-7-15(20)8-4-12)9-13(18(23)24)10-17(21)22/h1-9,13H,10H2,(H,21,22)(H,23,24). The maximum atomic E-state index is 13.1. The topological polar surface area (TPSA) is 74.6 Å². The highest BCUT2D eigenvalue weighted by Crippen LogP contribution is 2.26. The molecule has 0 spiro atoms. The van der Waals surface area contributed by atoms with E-state index in [-0.39, 0.29) is 0 Å². The fraction of sp³-hybridized carbons (Fsp3) is 0.111. The van der Waals surface area contributed by atoms with E-state index in [0.29, 0.717) is 16.7 Å². The van der Waals surface area contributed by atoms with E-state index < -0.39 is 35.9 Å². The van der Waals surface area contributed by atoms with E-state index in [1.165, 1.54) is 54.6 Å². The summed E-state index contributed by atoms with van der Waals surface area (Å²) in [6.07, 6.45) is 0.693. The quantitative estimate of drug-likeness (QED) is 0.848. The van der Waals surface area contributed by atoms with Crippen molar-refractivity contribution in [2.24, 2.45) is 5.92 Å². The maximum Gasteiger partial charge on any atom is 0.310 e. The summed E-state index contributed by atoms with van der Waals surface area (Å²) in [5.41, 5.74) is 1.39. The zero-order chi connectivity index (χ0) is 17.7. The number of hydrogen-bond acceptors (Lipinski definition) is 2. The lowest BCUT2D eigenvalue weighted by Crippen LogP contribution is -2.16. The summed E-state index contributed by atoms with van der Waals surface area (Å²) in [5.74, 6) is -4.74. The van der Waals surface area contributed by atoms with E-state index in [0.717, 1.165) is 0 Å². The summed E-state index contributed by atoms with van der Waals surface area (Å²) in [7, 11) is 0. The average Bonchev–Trinajstić information content (AvgIpc) is 2.53. The van der Waals surface area contributed by atoms with Gasteiger partial charge in [-0.1, -0.05) is 30.3 Å². The van der Waals surface area contributed by atoms with Crippen molar-refractivity contribution >= 4 is 17.5 Å². The Morgan fingerprint density at radius 2 is 1.29 bits per heavy atom. The van der Waals surface area contributed by atoms with Gasteiger partial charge in [0.15, 0.2) is 0 Å². The molecule has 1 atom stereocenters. The predicted molar refractivity (Wildman–Crippen MR) is 83.3 cm³/mol. The fourth-order valence-electron chi connectivity index (χ4n) is 2.22. The minimum atomic E-state index is -1.29. The van der Waals surface area contributed by atoms with Crippen LogP contribution in [0.5, 0.6) is 0 Å². The highest BCUT2D eigenvalue weighted by molar-refractivity contribution is 5.86. The van der Waals surface area contributed by atoms with Gasteiger partial charge in [0.25, 0.3) is 0 Å². The number of aliphatic carboxylic acids is 2. The number of halogens is 2. The van der Waals surface area contributed by atoms with E-state index in [2.05, 4.69) is 0 Å². The van der Waals surface area contributed by atoms with Crippen LogP contribution in [-0.4, -0.2) is 22.2 Å². The maximum absolute atomic E-state index is 13.1. The molecular formula is C18H14F2O4. The Labute approximate surface area is 136 Å². The number of carboxylic acids is 2. The summed E-state index contributed by atoms with van der Waals surface area (Å²) < 4.78 is 26.3. The largest absolute Gasteiger partial charge is 0.481 e. The number of benzene rings is 2. The van der Waals surface area contributed by atoms with Gasteiger partial charge in [-0.2, -0.15) is 0 Å². The van der Waals surface area contributed by atoms with Crippen molar-refractivity contribution in [2.75, 3.05) is 0 Å². The first-order chi connectivity index (χ1) is 11.4. The monoisotopic (exact) mass is 332 g/mol. The minimum Gasteiger partial charge on any atom is -0.481 e. The van der Waals surface area contributed by atoms with E-state index in [1.807, 2.05) is 0 Å². The number of rotatable bonds is 6. The highest BCUT2D eigenvalue weighted by atomic mass is 19.1. The lowest BCUT2D eigenvalue weighted by atomic mass is 9.92. The summed E-state index contributed by atoms with van der Waals surface area (Å²) >= 11 is 0. The fourth-order valence-corrected chi connectivity index (χ4v) is 2.22. The molecule has 0 aliphatic carbocycles. The molecule has 0 saturated heterocycles. The Morgan fingerprint density at radius 3 is 1.62 bits per heavy atom. The van der Waals surface area contributed by atoms with Crippen LogP contribution in [0.25, 0.3) is 5.57 Å². The number of carbonyl (C=O) groups is 2. The Bertz CT molecular complexity index is 717. The summed E-state index contributed by atoms with van der Waals surface area (Å²) in [6.45, 7) is 0. The smallest absolute Gasteiger partial charge is 0.310 e. The van der Waals surface area contributed by atoms with Crippen molar-refractivity contribution in [3.05, 3.63) is 77.4 Å². The zero-order valence-electron chi connectivity index (χ0n) is 12.4. The minimum absolute atomic E-state index is 0.392. The molecular weight excluding hydrogens is 318 g/mol. The molecule has 0 aliphatic rings. The Hall–Kier alpha value is -3.02. The first-order valence-corrected chi connectivity index (χ1v) is 7.05. The molecule has 0 saturated carbocycles. The molecule has 0 amide bonds. The second-order valence-corrected chi connectivity index (χ2v) is 5.14. The third-order valence-corrected chi connectivity index (χ3v) is 3.39. The van der Waals surface area contributed by atoms with Crippen LogP contribution in [0.3, 0.4) is 0 Å². The first-order valence-electron chi connectivity index (χ1n) is 7.05. The van der Waals surface area contributed by atoms with Crippen molar-refractivity contribution in [1.82, 2.24) is 0 Å². The molecule has 2 rings (SSSR count). The van der Waals surface area contributed by atoms with E-state index in [9.17, 15) is 23.5 Å². The number of carboxylic acid groups (broad SMARTS) is 2. The van der Waals surface area contributed by atoms with E-state index in [4.69, 9.17) is 5.11 Å². The third-order valence-electron chi connectivity index (χ3n) is 3.39. The third kappa shape index (κ3) is 4.49.